The van der Waals surface area contributed by atoms with E-state index >= 15 is 0 Å². The highest BCUT2D eigenvalue weighted by atomic mass is 35.5. The first-order valence-corrected chi connectivity index (χ1v) is 11.1. The van der Waals surface area contributed by atoms with Crippen LogP contribution in [0, 0.1) is 11.6 Å². The fourth-order valence-electron chi connectivity index (χ4n) is 3.29. The van der Waals surface area contributed by atoms with Gasteiger partial charge in [0.15, 0.2) is 11.6 Å². The smallest absolute Gasteiger partial charge is 0.271 e. The number of hydrogen-bond acceptors (Lipinski definition) is 4. The Bertz CT molecular complexity index is 1220. The Morgan fingerprint density at radius 1 is 0.968 bits per heavy atom. The van der Waals surface area contributed by atoms with E-state index in [1.165, 1.54) is 4.90 Å². The molecule has 0 spiro atoms. The zero-order valence-electron chi connectivity index (χ0n) is 16.1. The fraction of sp³-hybridized carbons (Fsp3) is 0.200. The molecule has 3 aromatic rings. The number of rotatable bonds is 4. The average molecular weight is 467 g/mol. The van der Waals surface area contributed by atoms with Crippen molar-refractivity contribution in [3.63, 3.8) is 0 Å². The van der Waals surface area contributed by atoms with E-state index in [9.17, 15) is 22.0 Å². The molecule has 4 rings (SSSR count). The minimum Gasteiger partial charge on any atom is -0.335 e. The minimum atomic E-state index is -3.99. The van der Waals surface area contributed by atoms with Gasteiger partial charge in [-0.3, -0.25) is 9.89 Å². The van der Waals surface area contributed by atoms with Gasteiger partial charge < -0.3 is 4.90 Å². The van der Waals surface area contributed by atoms with Crippen LogP contribution in [0.25, 0.3) is 11.3 Å². The number of carbonyl (C=O) groups is 1. The molecule has 2 heterocycles. The first kappa shape index (κ1) is 21.4. The van der Waals surface area contributed by atoms with Gasteiger partial charge in [0.05, 0.1) is 10.6 Å². The lowest BCUT2D eigenvalue weighted by Crippen LogP contribution is -2.50. The Hall–Kier alpha value is -2.82. The molecule has 1 aromatic heterocycles. The zero-order valence-corrected chi connectivity index (χ0v) is 17.6. The number of aromatic nitrogens is 2. The first-order chi connectivity index (χ1) is 14.8. The molecule has 162 valence electrons. The van der Waals surface area contributed by atoms with E-state index in [0.29, 0.717) is 16.8 Å². The van der Waals surface area contributed by atoms with Crippen molar-refractivity contribution in [3.8, 4) is 11.3 Å². The zero-order chi connectivity index (χ0) is 22.2. The Labute approximate surface area is 182 Å². The molecule has 31 heavy (non-hydrogen) atoms. The van der Waals surface area contributed by atoms with E-state index in [1.807, 2.05) is 0 Å². The lowest BCUT2D eigenvalue weighted by Gasteiger charge is -2.33. The van der Waals surface area contributed by atoms with Crippen molar-refractivity contribution >= 4 is 27.5 Å². The summed E-state index contributed by atoms with van der Waals surface area (Å²) in [7, 11) is -3.99. The largest absolute Gasteiger partial charge is 0.335 e. The van der Waals surface area contributed by atoms with Crippen LogP contribution in [0.4, 0.5) is 8.78 Å². The number of sulfonamides is 1. The molecule has 0 aliphatic carbocycles. The Morgan fingerprint density at radius 2 is 1.65 bits per heavy atom. The fourth-order valence-corrected chi connectivity index (χ4v) is 4.85. The van der Waals surface area contributed by atoms with E-state index in [0.717, 1.165) is 22.0 Å². The Morgan fingerprint density at radius 3 is 2.29 bits per heavy atom. The molecule has 11 heteroatoms. The van der Waals surface area contributed by atoms with Crippen LogP contribution in [-0.2, 0) is 10.0 Å². The number of carbonyl (C=O) groups excluding carboxylic acids is 1. The van der Waals surface area contributed by atoms with Crippen LogP contribution in [0.3, 0.4) is 0 Å². The summed E-state index contributed by atoms with van der Waals surface area (Å²) in [5, 5.41) is 7.45. The summed E-state index contributed by atoms with van der Waals surface area (Å²) >= 11 is 5.88. The maximum Gasteiger partial charge on any atom is 0.271 e. The van der Waals surface area contributed by atoms with Crippen molar-refractivity contribution in [1.82, 2.24) is 19.4 Å². The molecule has 1 N–H and O–H groups in total. The van der Waals surface area contributed by atoms with Gasteiger partial charge in [-0.15, -0.1) is 0 Å². The van der Waals surface area contributed by atoms with Crippen LogP contribution in [0.5, 0.6) is 0 Å². The first-order valence-electron chi connectivity index (χ1n) is 9.31. The number of halogens is 3. The molecule has 1 amide bonds. The molecule has 1 saturated heterocycles. The van der Waals surface area contributed by atoms with E-state index in [1.54, 1.807) is 30.3 Å². The maximum atomic E-state index is 13.4. The Balaban J connectivity index is 1.43. The number of nitrogens with one attached hydrogen (secondary N) is 1. The van der Waals surface area contributed by atoms with Crippen LogP contribution < -0.4 is 0 Å². The molecule has 2 aromatic carbocycles. The van der Waals surface area contributed by atoms with E-state index in [-0.39, 0.29) is 42.7 Å². The number of benzene rings is 2. The molecule has 0 bridgehead atoms. The summed E-state index contributed by atoms with van der Waals surface area (Å²) in [6.07, 6.45) is 0. The third-order valence-corrected chi connectivity index (χ3v) is 7.15. The molecule has 1 aliphatic heterocycles. The van der Waals surface area contributed by atoms with E-state index in [4.69, 9.17) is 11.6 Å². The molecule has 7 nitrogen and oxygen atoms in total. The van der Waals surface area contributed by atoms with Crippen LogP contribution in [0.1, 0.15) is 10.5 Å². The number of nitrogens with zero attached hydrogens (tertiary/aromatic N) is 3. The number of amides is 1. The van der Waals surface area contributed by atoms with Gasteiger partial charge in [0, 0.05) is 36.8 Å². The van der Waals surface area contributed by atoms with Gasteiger partial charge in [-0.25, -0.2) is 17.2 Å². The highest BCUT2D eigenvalue weighted by Gasteiger charge is 2.31. The number of hydrogen-bond donors (Lipinski definition) is 1. The second-order valence-corrected chi connectivity index (χ2v) is 9.32. The standard InChI is InChI=1S/C20H17ClF2N4O3S/c21-14-3-1-13(2-4-14)18-12-19(25-24-18)20(28)26-7-9-27(10-8-26)31(29,30)15-5-6-16(22)17(23)11-15/h1-6,11-12H,7-10H2,(H,24,25). The third-order valence-electron chi connectivity index (χ3n) is 5.00. The van der Waals surface area contributed by atoms with Crippen molar-refractivity contribution in [2.45, 2.75) is 4.90 Å². The van der Waals surface area contributed by atoms with Crippen molar-refractivity contribution in [3.05, 3.63) is 70.9 Å². The Kier molecular flexibility index (Phi) is 5.78. The van der Waals surface area contributed by atoms with Gasteiger partial charge in [-0.05, 0) is 36.4 Å². The van der Waals surface area contributed by atoms with Crippen molar-refractivity contribution in [1.29, 1.82) is 0 Å². The van der Waals surface area contributed by atoms with Gasteiger partial charge in [0.2, 0.25) is 10.0 Å². The van der Waals surface area contributed by atoms with Gasteiger partial charge in [0.25, 0.3) is 5.91 Å². The van der Waals surface area contributed by atoms with Gasteiger partial charge in [-0.2, -0.15) is 9.40 Å². The van der Waals surface area contributed by atoms with Gasteiger partial charge in [-0.1, -0.05) is 23.7 Å². The molecule has 0 radical (unpaired) electrons. The summed E-state index contributed by atoms with van der Waals surface area (Å²) < 4.78 is 53.1. The summed E-state index contributed by atoms with van der Waals surface area (Å²) in [5.41, 5.74) is 1.66. The number of piperazine rings is 1. The molecule has 0 saturated carbocycles. The quantitative estimate of drug-likeness (QED) is 0.640. The van der Waals surface area contributed by atoms with Crippen molar-refractivity contribution < 1.29 is 22.0 Å². The predicted molar refractivity (Wildman–Crippen MR) is 110 cm³/mol. The minimum absolute atomic E-state index is 0.0330. The monoisotopic (exact) mass is 466 g/mol. The number of aromatic amines is 1. The van der Waals surface area contributed by atoms with Crippen molar-refractivity contribution in [2.75, 3.05) is 26.2 Å². The van der Waals surface area contributed by atoms with Crippen LogP contribution in [0.2, 0.25) is 5.02 Å². The molecule has 0 unspecified atom stereocenters. The number of H-pyrrole nitrogens is 1. The van der Waals surface area contributed by atoms with Crippen molar-refractivity contribution in [2.24, 2.45) is 0 Å². The second kappa shape index (κ2) is 8.37. The summed E-state index contributed by atoms with van der Waals surface area (Å²) in [5.74, 6) is -2.66. The molecule has 1 aliphatic rings. The van der Waals surface area contributed by atoms with Crippen LogP contribution >= 0.6 is 11.6 Å². The van der Waals surface area contributed by atoms with E-state index in [2.05, 4.69) is 10.2 Å². The molecule has 1 fully saturated rings. The predicted octanol–water partition coefficient (Wildman–Crippen LogP) is 3.16. The van der Waals surface area contributed by atoms with Gasteiger partial charge in [0.1, 0.15) is 5.69 Å². The molecular formula is C20H17ClF2N4O3S. The molecular weight excluding hydrogens is 450 g/mol. The highest BCUT2D eigenvalue weighted by molar-refractivity contribution is 7.89. The summed E-state index contributed by atoms with van der Waals surface area (Å²) in [6.45, 7) is 0.366. The average Bonchev–Trinajstić information content (AvgIpc) is 3.26. The third kappa shape index (κ3) is 4.32. The maximum absolute atomic E-state index is 13.4. The van der Waals surface area contributed by atoms with Crippen LogP contribution in [0.15, 0.2) is 53.4 Å². The van der Waals surface area contributed by atoms with E-state index < -0.39 is 21.7 Å². The summed E-state index contributed by atoms with van der Waals surface area (Å²) in [6, 6.07) is 11.1. The SMILES string of the molecule is O=C(c1cc(-c2ccc(Cl)cc2)n[nH]1)N1CCN(S(=O)(=O)c2ccc(F)c(F)c2)CC1. The molecule has 0 atom stereocenters. The topological polar surface area (TPSA) is 86.4 Å². The van der Waals surface area contributed by atoms with Crippen LogP contribution in [-0.4, -0.2) is 59.9 Å². The highest BCUT2D eigenvalue weighted by Crippen LogP contribution is 2.22. The lowest BCUT2D eigenvalue weighted by molar-refractivity contribution is 0.0692. The normalized spacial score (nSPS) is 15.3. The second-order valence-electron chi connectivity index (χ2n) is 6.95. The summed E-state index contributed by atoms with van der Waals surface area (Å²) in [4.78, 5) is 14.0. The van der Waals surface area contributed by atoms with Gasteiger partial charge >= 0.3 is 0 Å². The lowest BCUT2D eigenvalue weighted by atomic mass is 10.1.